The Morgan fingerprint density at radius 2 is 1.14 bits per heavy atom. The van der Waals surface area contributed by atoms with Gasteiger partial charge < -0.3 is 20.5 Å². The molecule has 0 saturated carbocycles. The Labute approximate surface area is 56.4 Å². The van der Waals surface area contributed by atoms with Gasteiger partial charge in [0.25, 0.3) is 0 Å². The fourth-order valence-corrected chi connectivity index (χ4v) is 0. The van der Waals surface area contributed by atoms with Gasteiger partial charge in [0.05, 0.1) is 0 Å². The third kappa shape index (κ3) is 1790. The van der Waals surface area contributed by atoms with Gasteiger partial charge in [0.15, 0.2) is 0 Å². The van der Waals surface area contributed by atoms with Gasteiger partial charge >= 0.3 is 9.17 Å². The molecular weight excluding hydrogens is 156 g/mol. The molecule has 0 aliphatic carbocycles. The maximum Gasteiger partial charge on any atom is 0.761 e. The van der Waals surface area contributed by atoms with Gasteiger partial charge in [-0.25, -0.2) is 0 Å². The summed E-state index contributed by atoms with van der Waals surface area (Å²) < 4.78 is 8.74. The second-order valence-corrected chi connectivity index (χ2v) is 0.848. The van der Waals surface area contributed by atoms with Gasteiger partial charge in [-0.3, -0.25) is 4.46 Å². The maximum absolute atomic E-state index is 8.74. The summed E-state index contributed by atoms with van der Waals surface area (Å²) >= 11 is 0. The Balaban J connectivity index is -0.0000000150. The van der Waals surface area contributed by atoms with Gasteiger partial charge in [-0.1, -0.05) is 0 Å². The van der Waals surface area contributed by atoms with Crippen LogP contribution in [0, 0.1) is 0 Å². The van der Waals surface area contributed by atoms with Crippen molar-refractivity contribution in [2.45, 2.75) is 0 Å². The number of rotatable bonds is 0. The first-order chi connectivity index (χ1) is 1.73. The van der Waals surface area contributed by atoms with E-state index in [1.165, 1.54) is 0 Å². The fraction of sp³-hybridized carbons (Fsp3) is 0. The van der Waals surface area contributed by atoms with Crippen LogP contribution < -0.4 is 0 Å². The summed E-state index contributed by atoms with van der Waals surface area (Å²) in [5.74, 6) is 0. The van der Waals surface area contributed by atoms with Crippen LogP contribution in [0.1, 0.15) is 0 Å². The molecule has 7 heavy (non-hydrogen) atoms. The van der Waals surface area contributed by atoms with Crippen LogP contribution in [0.15, 0.2) is 0 Å². The molecule has 0 heterocycles. The average Bonchev–Trinajstić information content (AvgIpc) is 0.811. The van der Waals surface area contributed by atoms with E-state index in [1.54, 1.807) is 0 Å². The Hall–Kier alpha value is 0.251. The predicted octanol–water partition coefficient (Wildman–Crippen LogP) is -3.27. The largest absolute Gasteiger partial charge is 0.761 e. The minimum absolute atomic E-state index is 0. The van der Waals surface area contributed by atoms with Crippen LogP contribution in [-0.4, -0.2) is 29.7 Å². The van der Waals surface area contributed by atoms with E-state index in [4.69, 9.17) is 14.1 Å². The Bertz CT molecular complexity index is 31.1. The first-order valence-corrected chi connectivity index (χ1v) is 1.95. The Kier molecular flexibility index (Phi) is 62.5. The van der Waals surface area contributed by atoms with Crippen LogP contribution in [0.25, 0.3) is 0 Å². The molecular formula is H6O5SiTi. The van der Waals surface area contributed by atoms with Gasteiger partial charge in [0, 0.05) is 21.7 Å². The first kappa shape index (κ1) is 26.8. The van der Waals surface area contributed by atoms with Crippen molar-refractivity contribution in [1.82, 2.24) is 0 Å². The van der Waals surface area contributed by atoms with E-state index < -0.39 is 9.17 Å². The summed E-state index contributed by atoms with van der Waals surface area (Å²) in [6.07, 6.45) is 0. The van der Waals surface area contributed by atoms with Crippen LogP contribution in [0.4, 0.5) is 0 Å². The molecule has 0 fully saturated rings. The van der Waals surface area contributed by atoms with E-state index in [-0.39, 0.29) is 32.7 Å². The van der Waals surface area contributed by atoms with Crippen LogP contribution in [-0.2, 0) is 26.2 Å². The van der Waals surface area contributed by atoms with Crippen molar-refractivity contribution < 1.29 is 46.7 Å². The van der Waals surface area contributed by atoms with Gasteiger partial charge in [-0.2, -0.15) is 0 Å². The zero-order chi connectivity index (χ0) is 3.58. The van der Waals surface area contributed by atoms with E-state index in [0.717, 1.165) is 0 Å². The third-order valence-corrected chi connectivity index (χ3v) is 0. The van der Waals surface area contributed by atoms with Crippen molar-refractivity contribution in [2.24, 2.45) is 0 Å². The normalized spacial score (nSPS) is 3.43. The van der Waals surface area contributed by atoms with Crippen molar-refractivity contribution in [3.63, 3.8) is 0 Å². The average molecular weight is 162 g/mol. The molecule has 7 heteroatoms. The molecule has 0 aliphatic rings. The molecule has 0 aromatic rings. The summed E-state index contributed by atoms with van der Waals surface area (Å²) in [6.45, 7) is 0. The molecule has 0 atom stereocenters. The van der Waals surface area contributed by atoms with Crippen LogP contribution in [0.3, 0.4) is 0 Å². The van der Waals surface area contributed by atoms with Crippen molar-refractivity contribution in [3.8, 4) is 0 Å². The summed E-state index contributed by atoms with van der Waals surface area (Å²) in [7, 11) is -3.13. The predicted molar refractivity (Wildman–Crippen MR) is 18.1 cm³/mol. The molecule has 0 bridgehead atoms. The fourth-order valence-electron chi connectivity index (χ4n) is 0. The van der Waals surface area contributed by atoms with E-state index in [0.29, 0.717) is 0 Å². The topological polar surface area (TPSA) is 121 Å². The van der Waals surface area contributed by atoms with Crippen LogP contribution >= 0.6 is 0 Å². The van der Waals surface area contributed by atoms with Gasteiger partial charge in [-0.05, 0) is 0 Å². The van der Waals surface area contributed by atoms with Crippen molar-refractivity contribution in [1.29, 1.82) is 0 Å². The molecule has 0 saturated heterocycles. The van der Waals surface area contributed by atoms with Gasteiger partial charge in [-0.15, -0.1) is 0 Å². The monoisotopic (exact) mass is 162 g/mol. The SMILES string of the molecule is O.O.O=[Si](O)O.[Ti]. The molecule has 0 aromatic heterocycles. The number of hydrogen-bond donors (Lipinski definition) is 2. The van der Waals surface area contributed by atoms with E-state index >= 15 is 0 Å². The van der Waals surface area contributed by atoms with Crippen LogP contribution in [0.5, 0.6) is 0 Å². The number of hydrogen-bond acceptors (Lipinski definition) is 1. The summed E-state index contributed by atoms with van der Waals surface area (Å²) in [6, 6.07) is 0. The minimum atomic E-state index is -3.13. The molecule has 0 aromatic carbocycles. The molecule has 0 spiro atoms. The zero-order valence-corrected chi connectivity index (χ0v) is 5.86. The minimum Gasteiger partial charge on any atom is -0.511 e. The zero-order valence-electron chi connectivity index (χ0n) is 3.30. The maximum atomic E-state index is 8.74. The van der Waals surface area contributed by atoms with Gasteiger partial charge in [0.1, 0.15) is 0 Å². The van der Waals surface area contributed by atoms with Crippen molar-refractivity contribution in [2.75, 3.05) is 0 Å². The molecule has 0 rings (SSSR count). The molecule has 0 amide bonds. The van der Waals surface area contributed by atoms with E-state index in [9.17, 15) is 0 Å². The van der Waals surface area contributed by atoms with Crippen molar-refractivity contribution in [3.05, 3.63) is 0 Å². The Morgan fingerprint density at radius 1 is 1.14 bits per heavy atom. The summed E-state index contributed by atoms with van der Waals surface area (Å²) in [5, 5.41) is 0. The standard InChI is InChI=1S/H2O3Si.2H2O.Ti/c1-4(2)3;;;/h1-2H;2*1H2;. The molecule has 0 aliphatic heterocycles. The van der Waals surface area contributed by atoms with Crippen molar-refractivity contribution >= 4 is 9.17 Å². The Morgan fingerprint density at radius 3 is 1.14 bits per heavy atom. The quantitative estimate of drug-likeness (QED) is 0.363. The van der Waals surface area contributed by atoms with E-state index in [2.05, 4.69) is 0 Å². The molecule has 6 N–H and O–H groups in total. The summed E-state index contributed by atoms with van der Waals surface area (Å²) in [4.78, 5) is 14.3. The third-order valence-electron chi connectivity index (χ3n) is 0. The smallest absolute Gasteiger partial charge is 0.511 e. The molecule has 0 unspecified atom stereocenters. The molecule has 44 valence electrons. The molecule has 5 nitrogen and oxygen atoms in total. The first-order valence-electron chi connectivity index (χ1n) is 0.651. The van der Waals surface area contributed by atoms with E-state index in [1.807, 2.05) is 0 Å². The van der Waals surface area contributed by atoms with Crippen LogP contribution in [0.2, 0.25) is 0 Å². The second-order valence-electron chi connectivity index (χ2n) is 0.283. The molecule has 0 radical (unpaired) electrons. The summed E-state index contributed by atoms with van der Waals surface area (Å²) in [5.41, 5.74) is 0. The second kappa shape index (κ2) is 16.3. The van der Waals surface area contributed by atoms with Gasteiger partial charge in [0.2, 0.25) is 0 Å².